The fraction of sp³-hybridized carbons (Fsp3) is 0.500. The summed E-state index contributed by atoms with van der Waals surface area (Å²) in [5.41, 5.74) is -0.128. The van der Waals surface area contributed by atoms with Gasteiger partial charge in [0.2, 0.25) is 0 Å². The van der Waals surface area contributed by atoms with Crippen molar-refractivity contribution < 1.29 is 4.79 Å². The minimum Gasteiger partial charge on any atom is -0.348 e. The van der Waals surface area contributed by atoms with Crippen LogP contribution in [-0.2, 0) is 0 Å². The maximum absolute atomic E-state index is 11.7. The number of rotatable bonds is 5. The van der Waals surface area contributed by atoms with Crippen molar-refractivity contribution in [2.75, 3.05) is 5.88 Å². The standard InChI is InChI=1S/C10H14ClN3O2/c1-2-7(5-6-11)12-10(16)8-3-4-9(15)14-13-8/h3-4,7H,2,5-6H2,1H3,(H,12,16)(H,14,15). The topological polar surface area (TPSA) is 74.8 Å². The first-order valence-corrected chi connectivity index (χ1v) is 5.63. The summed E-state index contributed by atoms with van der Waals surface area (Å²) in [5, 5.41) is 8.65. The molecule has 0 saturated heterocycles. The van der Waals surface area contributed by atoms with Gasteiger partial charge in [0.15, 0.2) is 0 Å². The Labute approximate surface area is 98.2 Å². The van der Waals surface area contributed by atoms with Crippen molar-refractivity contribution >= 4 is 17.5 Å². The molecule has 1 heterocycles. The van der Waals surface area contributed by atoms with Crippen LogP contribution in [0.4, 0.5) is 0 Å². The van der Waals surface area contributed by atoms with Gasteiger partial charge in [0.05, 0.1) is 0 Å². The van der Waals surface area contributed by atoms with Crippen molar-refractivity contribution in [2.24, 2.45) is 0 Å². The van der Waals surface area contributed by atoms with Crippen molar-refractivity contribution in [3.05, 3.63) is 28.2 Å². The lowest BCUT2D eigenvalue weighted by Crippen LogP contribution is -2.35. The van der Waals surface area contributed by atoms with E-state index in [-0.39, 0.29) is 23.2 Å². The smallest absolute Gasteiger partial charge is 0.271 e. The second-order valence-corrected chi connectivity index (χ2v) is 3.74. The minimum absolute atomic E-state index is 0.0405. The number of carbonyl (C=O) groups excluding carboxylic acids is 1. The molecule has 6 heteroatoms. The number of aromatic amines is 1. The third-order valence-corrected chi connectivity index (χ3v) is 2.42. The Morgan fingerprint density at radius 3 is 2.88 bits per heavy atom. The maximum atomic E-state index is 11.7. The number of nitrogens with one attached hydrogen (secondary N) is 2. The van der Waals surface area contributed by atoms with E-state index >= 15 is 0 Å². The van der Waals surface area contributed by atoms with Gasteiger partial charge in [0.25, 0.3) is 11.5 Å². The molecule has 0 aliphatic rings. The average Bonchev–Trinajstić information content (AvgIpc) is 2.29. The normalized spacial score (nSPS) is 12.1. The van der Waals surface area contributed by atoms with E-state index in [9.17, 15) is 9.59 Å². The molecule has 0 spiro atoms. The van der Waals surface area contributed by atoms with Crippen molar-refractivity contribution in [1.29, 1.82) is 0 Å². The van der Waals surface area contributed by atoms with Crippen LogP contribution in [0, 0.1) is 0 Å². The molecular formula is C10H14ClN3O2. The largest absolute Gasteiger partial charge is 0.348 e. The molecule has 1 amide bonds. The van der Waals surface area contributed by atoms with E-state index < -0.39 is 0 Å². The molecule has 16 heavy (non-hydrogen) atoms. The molecule has 1 unspecified atom stereocenters. The predicted molar refractivity (Wildman–Crippen MR) is 61.7 cm³/mol. The van der Waals surface area contributed by atoms with Gasteiger partial charge in [-0.15, -0.1) is 11.6 Å². The summed E-state index contributed by atoms with van der Waals surface area (Å²) >= 11 is 5.61. The van der Waals surface area contributed by atoms with Gasteiger partial charge in [-0.1, -0.05) is 6.92 Å². The monoisotopic (exact) mass is 243 g/mol. The van der Waals surface area contributed by atoms with E-state index in [1.54, 1.807) is 0 Å². The van der Waals surface area contributed by atoms with Gasteiger partial charge in [-0.25, -0.2) is 5.10 Å². The summed E-state index contributed by atoms with van der Waals surface area (Å²) < 4.78 is 0. The number of hydrogen-bond acceptors (Lipinski definition) is 3. The van der Waals surface area contributed by atoms with Crippen LogP contribution in [0.25, 0.3) is 0 Å². The van der Waals surface area contributed by atoms with Crippen molar-refractivity contribution in [2.45, 2.75) is 25.8 Å². The second kappa shape index (κ2) is 6.27. The lowest BCUT2D eigenvalue weighted by molar-refractivity contribution is 0.0929. The number of amides is 1. The van der Waals surface area contributed by atoms with Crippen LogP contribution in [0.2, 0.25) is 0 Å². The first kappa shape index (κ1) is 12.7. The van der Waals surface area contributed by atoms with Gasteiger partial charge in [-0.3, -0.25) is 9.59 Å². The molecule has 0 bridgehead atoms. The maximum Gasteiger partial charge on any atom is 0.271 e. The van der Waals surface area contributed by atoms with Gasteiger partial charge < -0.3 is 5.32 Å². The van der Waals surface area contributed by atoms with Crippen LogP contribution in [-0.4, -0.2) is 28.0 Å². The van der Waals surface area contributed by atoms with Crippen molar-refractivity contribution in [1.82, 2.24) is 15.5 Å². The first-order chi connectivity index (χ1) is 7.67. The highest BCUT2D eigenvalue weighted by Gasteiger charge is 2.12. The van der Waals surface area contributed by atoms with E-state index in [0.29, 0.717) is 12.3 Å². The van der Waals surface area contributed by atoms with Gasteiger partial charge in [-0.2, -0.15) is 5.10 Å². The number of halogens is 1. The summed E-state index contributed by atoms with van der Waals surface area (Å²) in [6.07, 6.45) is 1.52. The predicted octanol–water partition coefficient (Wildman–Crippen LogP) is 0.907. The Balaban J connectivity index is 2.64. The van der Waals surface area contributed by atoms with Gasteiger partial charge in [-0.05, 0) is 18.9 Å². The highest BCUT2D eigenvalue weighted by atomic mass is 35.5. The highest BCUT2D eigenvalue weighted by Crippen LogP contribution is 2.01. The summed E-state index contributed by atoms with van der Waals surface area (Å²) in [4.78, 5) is 22.4. The van der Waals surface area contributed by atoms with E-state index in [0.717, 1.165) is 6.42 Å². The fourth-order valence-electron chi connectivity index (χ4n) is 1.24. The number of nitrogens with zero attached hydrogens (tertiary/aromatic N) is 1. The zero-order valence-corrected chi connectivity index (χ0v) is 9.75. The molecule has 0 radical (unpaired) electrons. The van der Waals surface area contributed by atoms with E-state index in [2.05, 4.69) is 15.5 Å². The average molecular weight is 244 g/mol. The number of carbonyl (C=O) groups is 1. The van der Waals surface area contributed by atoms with Crippen LogP contribution in [0.1, 0.15) is 30.3 Å². The lowest BCUT2D eigenvalue weighted by Gasteiger charge is -2.14. The molecule has 1 rings (SSSR count). The third kappa shape index (κ3) is 3.66. The van der Waals surface area contributed by atoms with Crippen LogP contribution in [0.3, 0.4) is 0 Å². The SMILES string of the molecule is CCC(CCCl)NC(=O)c1ccc(=O)[nH]n1. The third-order valence-electron chi connectivity index (χ3n) is 2.20. The van der Waals surface area contributed by atoms with Gasteiger partial charge in [0.1, 0.15) is 5.69 Å². The Kier molecular flexibility index (Phi) is 4.98. The molecule has 5 nitrogen and oxygen atoms in total. The van der Waals surface area contributed by atoms with Crippen LogP contribution in [0.5, 0.6) is 0 Å². The minimum atomic E-state index is -0.329. The zero-order chi connectivity index (χ0) is 12.0. The molecule has 88 valence electrons. The Morgan fingerprint density at radius 1 is 1.62 bits per heavy atom. The van der Waals surface area contributed by atoms with Crippen molar-refractivity contribution in [3.63, 3.8) is 0 Å². The molecule has 2 N–H and O–H groups in total. The summed E-state index contributed by atoms with van der Waals surface area (Å²) in [7, 11) is 0. The molecule has 0 aromatic carbocycles. The molecule has 1 aromatic heterocycles. The Bertz CT molecular complexity index is 385. The lowest BCUT2D eigenvalue weighted by atomic mass is 10.1. The van der Waals surface area contributed by atoms with E-state index in [4.69, 9.17) is 11.6 Å². The van der Waals surface area contributed by atoms with Crippen LogP contribution >= 0.6 is 11.6 Å². The summed E-state index contributed by atoms with van der Waals surface area (Å²) in [6, 6.07) is 2.70. The number of H-pyrrole nitrogens is 1. The summed E-state index contributed by atoms with van der Waals surface area (Å²) in [6.45, 7) is 1.97. The van der Waals surface area contributed by atoms with Gasteiger partial charge in [0, 0.05) is 18.0 Å². The number of alkyl halides is 1. The quantitative estimate of drug-likeness (QED) is 0.755. The molecular weight excluding hydrogens is 230 g/mol. The van der Waals surface area contributed by atoms with Crippen LogP contribution < -0.4 is 10.9 Å². The number of aromatic nitrogens is 2. The molecule has 0 saturated carbocycles. The molecule has 0 fully saturated rings. The summed E-state index contributed by atoms with van der Waals surface area (Å²) in [5.74, 6) is 0.200. The van der Waals surface area contributed by atoms with Crippen LogP contribution in [0.15, 0.2) is 16.9 Å². The first-order valence-electron chi connectivity index (χ1n) is 5.10. The molecule has 0 aliphatic carbocycles. The van der Waals surface area contributed by atoms with Gasteiger partial charge >= 0.3 is 0 Å². The van der Waals surface area contributed by atoms with Crippen molar-refractivity contribution in [3.8, 4) is 0 Å². The molecule has 1 aromatic rings. The Hall–Kier alpha value is -1.36. The zero-order valence-electron chi connectivity index (χ0n) is 9.00. The van der Waals surface area contributed by atoms with E-state index in [1.165, 1.54) is 12.1 Å². The molecule has 0 aliphatic heterocycles. The fourth-order valence-corrected chi connectivity index (χ4v) is 1.50. The molecule has 1 atom stereocenters. The number of hydrogen-bond donors (Lipinski definition) is 2. The second-order valence-electron chi connectivity index (χ2n) is 3.36. The Morgan fingerprint density at radius 2 is 2.38 bits per heavy atom. The highest BCUT2D eigenvalue weighted by molar-refractivity contribution is 6.17. The van der Waals surface area contributed by atoms with E-state index in [1.807, 2.05) is 6.92 Å².